The van der Waals surface area contributed by atoms with Crippen molar-refractivity contribution in [3.8, 4) is 0 Å². The van der Waals surface area contributed by atoms with Crippen molar-refractivity contribution in [2.24, 2.45) is 5.14 Å². The van der Waals surface area contributed by atoms with Crippen molar-refractivity contribution < 1.29 is 14.5 Å². The summed E-state index contributed by atoms with van der Waals surface area (Å²) in [5.41, 5.74) is 0.331. The van der Waals surface area contributed by atoms with Gasteiger partial charge in [0.1, 0.15) is 6.26 Å². The number of hydrogen-bond donors (Lipinski definition) is 2. The van der Waals surface area contributed by atoms with E-state index in [1.165, 1.54) is 6.26 Å². The maximum atomic E-state index is 10.2. The number of carboxylic acid groups (broad SMARTS) is 1. The van der Waals surface area contributed by atoms with E-state index in [0.717, 1.165) is 0 Å². The normalized spacial score (nSPS) is 11.0. The predicted octanol–water partition coefficient (Wildman–Crippen LogP) is 0.623. The molecule has 0 amide bonds. The molecule has 0 aliphatic rings. The zero-order chi connectivity index (χ0) is 10.3. The average molecular weight is 201 g/mol. The Morgan fingerprint density at radius 3 is 2.08 bits per heavy atom. The van der Waals surface area contributed by atoms with Gasteiger partial charge in [0.15, 0.2) is 0 Å². The summed E-state index contributed by atoms with van der Waals surface area (Å²) >= 11 is -1.11. The molecule has 3 N–H and O–H groups in total. The predicted molar refractivity (Wildman–Crippen MR) is 51.7 cm³/mol. The molecule has 1 unspecified atom stereocenters. The molecule has 0 heterocycles. The van der Waals surface area contributed by atoms with Crippen molar-refractivity contribution in [3.63, 3.8) is 0 Å². The van der Waals surface area contributed by atoms with E-state index in [4.69, 9.17) is 5.11 Å². The maximum Gasteiger partial charge on any atom is 0.335 e. The second-order valence-corrected chi connectivity index (χ2v) is 3.17. The third kappa shape index (κ3) is 7.32. The highest BCUT2D eigenvalue weighted by Crippen LogP contribution is 1.96. The smallest absolute Gasteiger partial charge is 0.335 e. The molecule has 0 bridgehead atoms. The number of benzene rings is 1. The number of carboxylic acids is 1. The van der Waals surface area contributed by atoms with Gasteiger partial charge in [-0.1, -0.05) is 18.2 Å². The molecule has 4 nitrogen and oxygen atoms in total. The Bertz CT molecular complexity index is 248. The topological polar surface area (TPSA) is 86.4 Å². The summed E-state index contributed by atoms with van der Waals surface area (Å²) in [5, 5.41) is 13.0. The molecule has 1 rings (SSSR count). The minimum absolute atomic E-state index is 0.331. The number of nitrogens with two attached hydrogens (primary N) is 1. The van der Waals surface area contributed by atoms with Crippen LogP contribution in [-0.2, 0) is 11.4 Å². The zero-order valence-electron chi connectivity index (χ0n) is 7.14. The molecule has 1 aromatic carbocycles. The molecule has 13 heavy (non-hydrogen) atoms. The van der Waals surface area contributed by atoms with E-state index < -0.39 is 17.3 Å². The largest absolute Gasteiger partial charge is 0.599 e. The second kappa shape index (κ2) is 6.47. The van der Waals surface area contributed by atoms with Crippen molar-refractivity contribution in [2.75, 3.05) is 6.26 Å². The molecule has 0 radical (unpaired) electrons. The molecule has 0 spiro atoms. The Morgan fingerprint density at radius 2 is 1.85 bits per heavy atom. The van der Waals surface area contributed by atoms with Crippen LogP contribution in [0.2, 0.25) is 0 Å². The van der Waals surface area contributed by atoms with Crippen LogP contribution in [0.1, 0.15) is 10.4 Å². The standard InChI is InChI=1S/C7H6O2.CH5NOS/c8-7(9)6-4-2-1-3-5-6;1-4(2)3/h1-5H,(H,8,9);2H2,1H3. The summed E-state index contributed by atoms with van der Waals surface area (Å²) < 4.78 is 9.33. The Morgan fingerprint density at radius 1 is 1.46 bits per heavy atom. The van der Waals surface area contributed by atoms with Crippen LogP contribution in [0.5, 0.6) is 0 Å². The SMILES string of the molecule is C[S+](N)[O-].O=C(O)c1ccccc1. The van der Waals surface area contributed by atoms with Crippen LogP contribution in [-0.4, -0.2) is 21.9 Å². The Balaban J connectivity index is 0.000000310. The van der Waals surface area contributed by atoms with Crippen molar-refractivity contribution >= 4 is 17.3 Å². The van der Waals surface area contributed by atoms with Crippen molar-refractivity contribution in [3.05, 3.63) is 35.9 Å². The van der Waals surface area contributed by atoms with E-state index in [9.17, 15) is 9.35 Å². The maximum absolute atomic E-state index is 10.2. The van der Waals surface area contributed by atoms with Crippen molar-refractivity contribution in [2.45, 2.75) is 0 Å². The van der Waals surface area contributed by atoms with Gasteiger partial charge < -0.3 is 9.66 Å². The first-order valence-corrected chi connectivity index (χ1v) is 5.02. The van der Waals surface area contributed by atoms with Gasteiger partial charge >= 0.3 is 5.97 Å². The summed E-state index contributed by atoms with van der Waals surface area (Å²) in [7, 11) is 0. The van der Waals surface area contributed by atoms with Crippen LogP contribution < -0.4 is 5.14 Å². The van der Waals surface area contributed by atoms with E-state index in [0.29, 0.717) is 5.56 Å². The van der Waals surface area contributed by atoms with Crippen LogP contribution in [0.25, 0.3) is 0 Å². The molecule has 1 aromatic rings. The summed E-state index contributed by atoms with van der Waals surface area (Å²) in [6.45, 7) is 0. The molecule has 5 heteroatoms. The van der Waals surface area contributed by atoms with E-state index >= 15 is 0 Å². The molecule has 0 saturated heterocycles. The lowest BCUT2D eigenvalue weighted by Gasteiger charge is -1.88. The second-order valence-electron chi connectivity index (χ2n) is 2.17. The molecule has 1 atom stereocenters. The summed E-state index contributed by atoms with van der Waals surface area (Å²) in [5.74, 6) is -0.879. The molecule has 0 aromatic heterocycles. The van der Waals surface area contributed by atoms with Crippen LogP contribution in [0.15, 0.2) is 30.3 Å². The van der Waals surface area contributed by atoms with E-state index in [1.807, 2.05) is 0 Å². The van der Waals surface area contributed by atoms with Crippen molar-refractivity contribution in [1.82, 2.24) is 0 Å². The lowest BCUT2D eigenvalue weighted by molar-refractivity contribution is 0.0697. The molecule has 0 saturated carbocycles. The van der Waals surface area contributed by atoms with Gasteiger partial charge in [-0.3, -0.25) is 0 Å². The third-order valence-electron chi connectivity index (χ3n) is 1.02. The van der Waals surface area contributed by atoms with Crippen LogP contribution in [0.4, 0.5) is 0 Å². The highest BCUT2D eigenvalue weighted by atomic mass is 32.2. The number of hydrogen-bond acceptors (Lipinski definition) is 3. The number of rotatable bonds is 1. The summed E-state index contributed by atoms with van der Waals surface area (Å²) in [4.78, 5) is 10.2. The Hall–Kier alpha value is -1.04. The first-order chi connectivity index (χ1) is 6.04. The molecule has 0 aliphatic heterocycles. The molecule has 0 aliphatic carbocycles. The van der Waals surface area contributed by atoms with Crippen LogP contribution in [0.3, 0.4) is 0 Å². The summed E-state index contributed by atoms with van der Waals surface area (Å²) in [6.07, 6.45) is 1.42. The Kier molecular flexibility index (Phi) is 5.96. The van der Waals surface area contributed by atoms with E-state index in [2.05, 4.69) is 5.14 Å². The van der Waals surface area contributed by atoms with Gasteiger partial charge in [0.2, 0.25) is 0 Å². The fourth-order valence-electron chi connectivity index (χ4n) is 0.581. The van der Waals surface area contributed by atoms with E-state index in [1.54, 1.807) is 30.3 Å². The van der Waals surface area contributed by atoms with Gasteiger partial charge in [0.05, 0.1) is 5.56 Å². The zero-order valence-corrected chi connectivity index (χ0v) is 7.95. The first-order valence-electron chi connectivity index (χ1n) is 3.40. The van der Waals surface area contributed by atoms with Crippen LogP contribution >= 0.6 is 0 Å². The highest BCUT2D eigenvalue weighted by Gasteiger charge is 1.96. The molecule has 72 valence electrons. The van der Waals surface area contributed by atoms with Gasteiger partial charge in [0.25, 0.3) is 0 Å². The average Bonchev–Trinajstić information content (AvgIpc) is 2.05. The van der Waals surface area contributed by atoms with Crippen molar-refractivity contribution in [1.29, 1.82) is 0 Å². The van der Waals surface area contributed by atoms with Gasteiger partial charge in [-0.15, -0.1) is 0 Å². The molecule has 0 fully saturated rings. The lowest BCUT2D eigenvalue weighted by Crippen LogP contribution is -2.07. The number of carbonyl (C=O) groups is 1. The summed E-state index contributed by atoms with van der Waals surface area (Å²) in [6, 6.07) is 8.30. The molecular weight excluding hydrogens is 190 g/mol. The van der Waals surface area contributed by atoms with Gasteiger partial charge in [-0.2, -0.15) is 5.14 Å². The lowest BCUT2D eigenvalue weighted by atomic mass is 10.2. The van der Waals surface area contributed by atoms with Gasteiger partial charge in [0, 0.05) is 11.4 Å². The molecular formula is C8H11NO3S. The first kappa shape index (κ1) is 12.0. The third-order valence-corrected chi connectivity index (χ3v) is 1.02. The monoisotopic (exact) mass is 201 g/mol. The Labute approximate surface area is 79.7 Å². The quantitative estimate of drug-likeness (QED) is 0.652. The van der Waals surface area contributed by atoms with Gasteiger partial charge in [-0.05, 0) is 12.1 Å². The fourth-order valence-corrected chi connectivity index (χ4v) is 0.581. The fraction of sp³-hybridized carbons (Fsp3) is 0.125. The van der Waals surface area contributed by atoms with Crippen LogP contribution in [0, 0.1) is 0 Å². The minimum Gasteiger partial charge on any atom is -0.599 e. The van der Waals surface area contributed by atoms with E-state index in [-0.39, 0.29) is 0 Å². The minimum atomic E-state index is -1.11. The van der Waals surface area contributed by atoms with Gasteiger partial charge in [-0.25, -0.2) is 4.79 Å². The highest BCUT2D eigenvalue weighted by molar-refractivity contribution is 7.88. The number of aromatic carboxylic acids is 1.